The first-order valence-electron chi connectivity index (χ1n) is 10.1. The van der Waals surface area contributed by atoms with Crippen molar-refractivity contribution in [3.8, 4) is 5.75 Å². The molecule has 0 amide bonds. The van der Waals surface area contributed by atoms with Crippen LogP contribution in [0.2, 0.25) is 0 Å². The van der Waals surface area contributed by atoms with E-state index < -0.39 is 42.9 Å². The van der Waals surface area contributed by atoms with Gasteiger partial charge >= 0.3 is 0 Å². The fourth-order valence-electron chi connectivity index (χ4n) is 4.19. The zero-order chi connectivity index (χ0) is 22.3. The Morgan fingerprint density at radius 3 is 2.42 bits per heavy atom. The summed E-state index contributed by atoms with van der Waals surface area (Å²) in [6, 6.07) is 10.6. The summed E-state index contributed by atoms with van der Waals surface area (Å²) in [6.45, 7) is 1.59. The molecule has 0 radical (unpaired) electrons. The van der Waals surface area contributed by atoms with Crippen molar-refractivity contribution in [1.82, 2.24) is 4.57 Å². The third-order valence-corrected chi connectivity index (χ3v) is 5.81. The monoisotopic (exact) mass is 431 g/mol. The highest BCUT2D eigenvalue weighted by molar-refractivity contribution is 5.86. The Labute approximate surface area is 178 Å². The van der Waals surface area contributed by atoms with Crippen LogP contribution in [0.1, 0.15) is 22.8 Å². The van der Waals surface area contributed by atoms with Crippen LogP contribution >= 0.6 is 0 Å². The number of aromatic nitrogens is 1. The molecule has 2 aromatic carbocycles. The van der Waals surface area contributed by atoms with E-state index in [1.807, 2.05) is 24.3 Å². The van der Waals surface area contributed by atoms with Crippen molar-refractivity contribution in [1.29, 1.82) is 0 Å². The number of aryl methyl sites for hydroxylation is 1. The number of methoxy groups -OCH3 is 1. The molecule has 1 aliphatic heterocycles. The molecule has 1 fully saturated rings. The van der Waals surface area contributed by atoms with E-state index in [1.54, 1.807) is 30.9 Å². The Morgan fingerprint density at radius 2 is 1.77 bits per heavy atom. The molecule has 31 heavy (non-hydrogen) atoms. The smallest absolute Gasteiger partial charge is 0.147 e. The third kappa shape index (κ3) is 3.93. The van der Waals surface area contributed by atoms with Gasteiger partial charge in [0, 0.05) is 23.7 Å². The summed E-state index contributed by atoms with van der Waals surface area (Å²) < 4.78 is 27.7. The van der Waals surface area contributed by atoms with E-state index in [1.165, 1.54) is 6.07 Å². The minimum absolute atomic E-state index is 0.341. The fourth-order valence-corrected chi connectivity index (χ4v) is 4.19. The third-order valence-electron chi connectivity index (χ3n) is 5.81. The van der Waals surface area contributed by atoms with Crippen molar-refractivity contribution in [3.63, 3.8) is 0 Å². The molecule has 4 rings (SSSR count). The summed E-state index contributed by atoms with van der Waals surface area (Å²) in [7, 11) is 1.58. The lowest BCUT2D eigenvalue weighted by Crippen LogP contribution is -2.55. The Kier molecular flexibility index (Phi) is 6.00. The molecule has 2 heterocycles. The number of fused-ring (bicyclic) bond motifs is 1. The molecular formula is C23H26FNO6. The second-order valence-electron chi connectivity index (χ2n) is 7.95. The van der Waals surface area contributed by atoms with Gasteiger partial charge in [0.1, 0.15) is 42.1 Å². The summed E-state index contributed by atoms with van der Waals surface area (Å²) >= 11 is 0. The van der Waals surface area contributed by atoms with Crippen LogP contribution in [0, 0.1) is 12.7 Å². The van der Waals surface area contributed by atoms with E-state index in [0.29, 0.717) is 34.3 Å². The van der Waals surface area contributed by atoms with Gasteiger partial charge in [0.25, 0.3) is 0 Å². The van der Waals surface area contributed by atoms with Gasteiger partial charge in [0.15, 0.2) is 0 Å². The first-order chi connectivity index (χ1) is 14.8. The van der Waals surface area contributed by atoms with Gasteiger partial charge in [0.05, 0.1) is 19.2 Å². The van der Waals surface area contributed by atoms with Gasteiger partial charge in [-0.3, -0.25) is 0 Å². The van der Waals surface area contributed by atoms with Crippen molar-refractivity contribution >= 4 is 10.9 Å². The fraction of sp³-hybridized carbons (Fsp3) is 0.391. The van der Waals surface area contributed by atoms with E-state index in [9.17, 15) is 20.4 Å². The van der Waals surface area contributed by atoms with Crippen LogP contribution < -0.4 is 4.74 Å². The number of aliphatic hydroxyl groups excluding tert-OH is 4. The highest BCUT2D eigenvalue weighted by atomic mass is 19.1. The second kappa shape index (κ2) is 8.57. The highest BCUT2D eigenvalue weighted by Crippen LogP contribution is 2.38. The first kappa shape index (κ1) is 21.7. The maximum absolute atomic E-state index is 15.0. The first-order valence-corrected chi connectivity index (χ1v) is 10.1. The van der Waals surface area contributed by atoms with Crippen LogP contribution in [-0.4, -0.2) is 63.1 Å². The molecule has 0 spiro atoms. The van der Waals surface area contributed by atoms with Crippen LogP contribution in [0.4, 0.5) is 4.39 Å². The van der Waals surface area contributed by atoms with E-state index >= 15 is 4.39 Å². The Morgan fingerprint density at radius 1 is 1.06 bits per heavy atom. The predicted molar refractivity (Wildman–Crippen MR) is 111 cm³/mol. The van der Waals surface area contributed by atoms with E-state index in [4.69, 9.17) is 9.47 Å². The normalized spacial score (nSPS) is 26.4. The van der Waals surface area contributed by atoms with Gasteiger partial charge in [-0.1, -0.05) is 12.1 Å². The van der Waals surface area contributed by atoms with Gasteiger partial charge in [-0.2, -0.15) is 0 Å². The average molecular weight is 431 g/mol. The summed E-state index contributed by atoms with van der Waals surface area (Å²) in [6.07, 6.45) is -4.81. The molecule has 3 aromatic rings. The summed E-state index contributed by atoms with van der Waals surface area (Å²) in [5, 5.41) is 41.0. The molecule has 0 unspecified atom stereocenters. The van der Waals surface area contributed by atoms with Crippen molar-refractivity contribution in [2.45, 2.75) is 44.0 Å². The van der Waals surface area contributed by atoms with Crippen LogP contribution in [0.15, 0.2) is 42.6 Å². The molecule has 5 atom stereocenters. The average Bonchev–Trinajstić information content (AvgIpc) is 3.11. The van der Waals surface area contributed by atoms with Crippen molar-refractivity contribution < 1.29 is 34.3 Å². The minimum Gasteiger partial charge on any atom is -0.497 e. The topological polar surface area (TPSA) is 104 Å². The molecule has 0 bridgehead atoms. The van der Waals surface area contributed by atoms with Gasteiger partial charge in [-0.05, 0) is 42.3 Å². The Balaban J connectivity index is 1.80. The molecular weight excluding hydrogens is 405 g/mol. The zero-order valence-electron chi connectivity index (χ0n) is 17.3. The van der Waals surface area contributed by atoms with Crippen LogP contribution in [-0.2, 0) is 11.3 Å². The molecule has 1 aliphatic rings. The Bertz CT molecular complexity index is 1060. The largest absolute Gasteiger partial charge is 0.497 e. The standard InChI is InChI=1S/C23H26FNO6/c1-12-7-15-16(23-22(29)21(28)20(27)18(11-26)31-23)10-25(19(15)17(24)8-12)9-13-3-5-14(30-2)6-4-13/h3-8,10,18,20-23,26-29H,9,11H2,1-2H3/t18-,20-,21+,22-,23+/m1/s1. The van der Waals surface area contributed by atoms with Crippen molar-refractivity contribution in [2.75, 3.05) is 13.7 Å². The summed E-state index contributed by atoms with van der Waals surface area (Å²) in [5.74, 6) is 0.296. The van der Waals surface area contributed by atoms with Gasteiger partial charge in [0.2, 0.25) is 0 Å². The van der Waals surface area contributed by atoms with Crippen LogP contribution in [0.5, 0.6) is 5.75 Å². The molecule has 8 heteroatoms. The van der Waals surface area contributed by atoms with Gasteiger partial charge in [-0.25, -0.2) is 4.39 Å². The molecule has 0 saturated carbocycles. The molecule has 0 aliphatic carbocycles. The predicted octanol–water partition coefficient (Wildman–Crippen LogP) is 1.66. The van der Waals surface area contributed by atoms with E-state index in [2.05, 4.69) is 0 Å². The number of rotatable bonds is 5. The molecule has 1 saturated heterocycles. The van der Waals surface area contributed by atoms with Crippen LogP contribution in [0.25, 0.3) is 10.9 Å². The quantitative estimate of drug-likeness (QED) is 0.490. The van der Waals surface area contributed by atoms with Crippen molar-refractivity contribution in [2.24, 2.45) is 0 Å². The van der Waals surface area contributed by atoms with Gasteiger partial charge in [-0.15, -0.1) is 0 Å². The number of hydrogen-bond acceptors (Lipinski definition) is 6. The number of aliphatic hydroxyl groups is 4. The lowest BCUT2D eigenvalue weighted by molar-refractivity contribution is -0.231. The number of ether oxygens (including phenoxy) is 2. The van der Waals surface area contributed by atoms with Crippen molar-refractivity contribution in [3.05, 3.63) is 65.1 Å². The number of halogens is 1. The highest BCUT2D eigenvalue weighted by Gasteiger charge is 2.44. The molecule has 4 N–H and O–H groups in total. The molecule has 166 valence electrons. The SMILES string of the molecule is COc1ccc(Cn2cc([C@@H]3O[C@H](CO)[C@@H](O)[C@H](O)[C@H]3O)c3cc(C)cc(F)c32)cc1. The Hall–Kier alpha value is -2.49. The maximum atomic E-state index is 15.0. The van der Waals surface area contributed by atoms with E-state index in [0.717, 1.165) is 5.56 Å². The lowest BCUT2D eigenvalue weighted by atomic mass is 9.91. The summed E-state index contributed by atoms with van der Waals surface area (Å²) in [5.41, 5.74) is 2.42. The summed E-state index contributed by atoms with van der Waals surface area (Å²) in [4.78, 5) is 0. The zero-order valence-corrected chi connectivity index (χ0v) is 17.3. The lowest BCUT2D eigenvalue weighted by Gasteiger charge is -2.40. The maximum Gasteiger partial charge on any atom is 0.147 e. The van der Waals surface area contributed by atoms with E-state index in [-0.39, 0.29) is 0 Å². The molecule has 7 nitrogen and oxygen atoms in total. The minimum atomic E-state index is -1.51. The molecule has 1 aromatic heterocycles. The number of benzene rings is 2. The van der Waals surface area contributed by atoms with Gasteiger partial charge < -0.3 is 34.5 Å². The second-order valence-corrected chi connectivity index (χ2v) is 7.95. The number of hydrogen-bond donors (Lipinski definition) is 4. The van der Waals surface area contributed by atoms with Crippen LogP contribution in [0.3, 0.4) is 0 Å². The number of nitrogens with zero attached hydrogens (tertiary/aromatic N) is 1.